The number of aryl methyl sites for hydroxylation is 1. The van der Waals surface area contributed by atoms with Gasteiger partial charge in [0.15, 0.2) is 0 Å². The predicted molar refractivity (Wildman–Crippen MR) is 162 cm³/mol. The average Bonchev–Trinajstić information content (AvgIpc) is 3.26. The molecule has 7 heteroatoms. The lowest BCUT2D eigenvalue weighted by atomic mass is 9.88. The van der Waals surface area contributed by atoms with E-state index in [1.807, 2.05) is 73.7 Å². The smallest absolute Gasteiger partial charge is 0.259 e. The normalized spacial score (nSPS) is 14.9. The molecule has 1 atom stereocenters. The number of nitrogens with zero attached hydrogens (tertiary/aromatic N) is 1. The maximum Gasteiger partial charge on any atom is 0.259 e. The molecule has 1 aliphatic carbocycles. The third-order valence-electron chi connectivity index (χ3n) is 6.75. The summed E-state index contributed by atoms with van der Waals surface area (Å²) in [5.41, 5.74) is 5.39. The number of hydrogen-bond donors (Lipinski definition) is 1. The topological polar surface area (TPSA) is 50.7 Å². The Morgan fingerprint density at radius 3 is 2.79 bits per heavy atom. The van der Waals surface area contributed by atoms with Crippen LogP contribution in [0.25, 0.3) is 0 Å². The third-order valence-corrected chi connectivity index (χ3v) is 8.77. The van der Waals surface area contributed by atoms with Crippen LogP contribution in [-0.4, -0.2) is 12.1 Å². The molecule has 1 aromatic heterocycles. The number of carbonyl (C=O) groups excluding carboxylic acids is 1. The van der Waals surface area contributed by atoms with E-state index >= 15 is 0 Å². The van der Waals surface area contributed by atoms with Gasteiger partial charge < -0.3 is 10.1 Å². The fourth-order valence-corrected chi connectivity index (χ4v) is 6.53. The van der Waals surface area contributed by atoms with Gasteiger partial charge in [-0.05, 0) is 73.6 Å². The molecular formula is C31H28BrClN2O2S. The molecule has 0 saturated carbocycles. The van der Waals surface area contributed by atoms with E-state index in [2.05, 4.69) is 28.2 Å². The first kappa shape index (κ1) is 26.7. The fourth-order valence-electron chi connectivity index (χ4n) is 4.61. The zero-order valence-corrected chi connectivity index (χ0v) is 24.4. The summed E-state index contributed by atoms with van der Waals surface area (Å²) in [5.74, 6) is 1.18. The number of ether oxygens (including phenoxy) is 1. The Balaban J connectivity index is 1.47. The third kappa shape index (κ3) is 6.04. The van der Waals surface area contributed by atoms with Crippen molar-refractivity contribution < 1.29 is 9.53 Å². The molecular weight excluding hydrogens is 580 g/mol. The Morgan fingerprint density at radius 1 is 1.18 bits per heavy atom. The van der Waals surface area contributed by atoms with Crippen LogP contribution in [0.1, 0.15) is 50.8 Å². The van der Waals surface area contributed by atoms with Gasteiger partial charge in [-0.3, -0.25) is 4.79 Å². The molecule has 194 valence electrons. The first-order valence-corrected chi connectivity index (χ1v) is 14.6. The van der Waals surface area contributed by atoms with Crippen LogP contribution in [-0.2, 0) is 19.4 Å². The molecule has 0 radical (unpaired) electrons. The van der Waals surface area contributed by atoms with E-state index in [0.29, 0.717) is 28.9 Å². The Hall–Kier alpha value is -2.93. The SMILES string of the molecule is Cc1ccccc1NC(=O)c1c(N=Cc2cc(Br)ccc2OCc2ccccc2Cl)sc2c1CC[C@H](C)C2. The van der Waals surface area contributed by atoms with Gasteiger partial charge in [0.05, 0.1) is 5.56 Å². The second-order valence-electron chi connectivity index (χ2n) is 9.62. The lowest BCUT2D eigenvalue weighted by Crippen LogP contribution is -2.17. The quantitative estimate of drug-likeness (QED) is 0.213. The number of carbonyl (C=O) groups is 1. The maximum atomic E-state index is 13.6. The van der Waals surface area contributed by atoms with Crippen molar-refractivity contribution >= 4 is 61.7 Å². The molecule has 1 N–H and O–H groups in total. The fraction of sp³-hybridized carbons (Fsp3) is 0.226. The molecule has 0 spiro atoms. The molecule has 3 aromatic carbocycles. The van der Waals surface area contributed by atoms with Crippen LogP contribution in [0.5, 0.6) is 5.75 Å². The number of hydrogen-bond acceptors (Lipinski definition) is 4. The number of halogens is 2. The van der Waals surface area contributed by atoms with E-state index in [1.165, 1.54) is 4.88 Å². The van der Waals surface area contributed by atoms with Crippen molar-refractivity contribution in [3.8, 4) is 5.75 Å². The minimum atomic E-state index is -0.108. The van der Waals surface area contributed by atoms with Crippen molar-refractivity contribution in [3.05, 3.63) is 109 Å². The molecule has 1 aliphatic rings. The zero-order chi connectivity index (χ0) is 26.6. The van der Waals surface area contributed by atoms with Crippen molar-refractivity contribution in [1.29, 1.82) is 0 Å². The van der Waals surface area contributed by atoms with Gasteiger partial charge in [0.2, 0.25) is 0 Å². The Labute approximate surface area is 240 Å². The summed E-state index contributed by atoms with van der Waals surface area (Å²) in [7, 11) is 0. The second kappa shape index (κ2) is 11.9. The molecule has 5 rings (SSSR count). The van der Waals surface area contributed by atoms with Crippen LogP contribution >= 0.6 is 38.9 Å². The summed E-state index contributed by atoms with van der Waals surface area (Å²) < 4.78 is 7.06. The van der Waals surface area contributed by atoms with E-state index in [1.54, 1.807) is 17.6 Å². The number of benzene rings is 3. The minimum Gasteiger partial charge on any atom is -0.488 e. The predicted octanol–water partition coefficient (Wildman–Crippen LogP) is 9.18. The van der Waals surface area contributed by atoms with Crippen molar-refractivity contribution in [2.45, 2.75) is 39.7 Å². The van der Waals surface area contributed by atoms with Gasteiger partial charge in [0.1, 0.15) is 17.4 Å². The molecule has 0 saturated heterocycles. The van der Waals surface area contributed by atoms with E-state index in [0.717, 1.165) is 56.7 Å². The first-order valence-electron chi connectivity index (χ1n) is 12.6. The highest BCUT2D eigenvalue weighted by atomic mass is 79.9. The molecule has 4 nitrogen and oxygen atoms in total. The van der Waals surface area contributed by atoms with Gasteiger partial charge in [-0.25, -0.2) is 4.99 Å². The highest BCUT2D eigenvalue weighted by Crippen LogP contribution is 2.42. The lowest BCUT2D eigenvalue weighted by molar-refractivity contribution is 0.102. The van der Waals surface area contributed by atoms with Gasteiger partial charge in [-0.1, -0.05) is 70.9 Å². The molecule has 4 aromatic rings. The van der Waals surface area contributed by atoms with E-state index in [9.17, 15) is 4.79 Å². The summed E-state index contributed by atoms with van der Waals surface area (Å²) in [6.07, 6.45) is 4.73. The summed E-state index contributed by atoms with van der Waals surface area (Å²) in [5, 5.41) is 4.52. The lowest BCUT2D eigenvalue weighted by Gasteiger charge is -2.18. The van der Waals surface area contributed by atoms with E-state index in [-0.39, 0.29) is 5.91 Å². The van der Waals surface area contributed by atoms with Crippen molar-refractivity contribution in [3.63, 3.8) is 0 Å². The van der Waals surface area contributed by atoms with Gasteiger partial charge in [0, 0.05) is 37.4 Å². The molecule has 0 aliphatic heterocycles. The highest BCUT2D eigenvalue weighted by Gasteiger charge is 2.27. The zero-order valence-electron chi connectivity index (χ0n) is 21.3. The Kier molecular flexibility index (Phi) is 8.32. The average molecular weight is 608 g/mol. The van der Waals surface area contributed by atoms with Crippen molar-refractivity contribution in [2.24, 2.45) is 10.9 Å². The number of fused-ring (bicyclic) bond motifs is 1. The number of nitrogens with one attached hydrogen (secondary N) is 1. The van der Waals surface area contributed by atoms with Gasteiger partial charge >= 0.3 is 0 Å². The molecule has 38 heavy (non-hydrogen) atoms. The van der Waals surface area contributed by atoms with Gasteiger partial charge in [-0.15, -0.1) is 11.3 Å². The van der Waals surface area contributed by atoms with Crippen molar-refractivity contribution in [2.75, 3.05) is 5.32 Å². The Morgan fingerprint density at radius 2 is 1.97 bits per heavy atom. The number of aliphatic imine (C=N–C) groups is 1. The van der Waals surface area contributed by atoms with Crippen LogP contribution in [0.3, 0.4) is 0 Å². The molecule has 0 fully saturated rings. The molecule has 0 bridgehead atoms. The molecule has 1 amide bonds. The number of para-hydroxylation sites is 1. The second-order valence-corrected chi connectivity index (χ2v) is 12.0. The summed E-state index contributed by atoms with van der Waals surface area (Å²) in [6, 6.07) is 21.3. The molecule has 0 unspecified atom stereocenters. The number of rotatable bonds is 7. The van der Waals surface area contributed by atoms with Crippen LogP contribution in [0.2, 0.25) is 5.02 Å². The summed E-state index contributed by atoms with van der Waals surface area (Å²) >= 11 is 11.5. The maximum absolute atomic E-state index is 13.6. The summed E-state index contributed by atoms with van der Waals surface area (Å²) in [6.45, 7) is 4.61. The van der Waals surface area contributed by atoms with E-state index < -0.39 is 0 Å². The van der Waals surface area contributed by atoms with E-state index in [4.69, 9.17) is 21.3 Å². The van der Waals surface area contributed by atoms with Gasteiger partial charge in [-0.2, -0.15) is 0 Å². The monoisotopic (exact) mass is 606 g/mol. The van der Waals surface area contributed by atoms with Gasteiger partial charge in [0.25, 0.3) is 5.91 Å². The highest BCUT2D eigenvalue weighted by molar-refractivity contribution is 9.10. The number of anilines is 1. The Bertz CT molecular complexity index is 1510. The van der Waals surface area contributed by atoms with Crippen LogP contribution < -0.4 is 10.1 Å². The standard InChI is InChI=1S/C31H28BrClN2O2S/c1-19-11-13-24-28(15-19)38-31(29(24)30(36)35-26-10-6-3-7-20(26)2)34-17-22-16-23(32)12-14-27(22)37-18-21-8-4-5-9-25(21)33/h3-10,12,14,16-17,19H,11,13,15,18H2,1-2H3,(H,35,36)/t19-/m0/s1. The van der Waals surface area contributed by atoms with Crippen LogP contribution in [0, 0.1) is 12.8 Å². The first-order chi connectivity index (χ1) is 18.4. The van der Waals surface area contributed by atoms with Crippen molar-refractivity contribution in [1.82, 2.24) is 0 Å². The molecule has 1 heterocycles. The minimum absolute atomic E-state index is 0.108. The van der Waals surface area contributed by atoms with Crippen LogP contribution in [0.15, 0.2) is 76.2 Å². The number of thiophene rings is 1. The van der Waals surface area contributed by atoms with Crippen LogP contribution in [0.4, 0.5) is 10.7 Å². The largest absolute Gasteiger partial charge is 0.488 e. The number of amides is 1. The summed E-state index contributed by atoms with van der Waals surface area (Å²) in [4.78, 5) is 19.7.